The van der Waals surface area contributed by atoms with Crippen molar-refractivity contribution >= 4 is 33.6 Å². The third kappa shape index (κ3) is 6.54. The topological polar surface area (TPSA) is 47.6 Å². The van der Waals surface area contributed by atoms with Crippen LogP contribution in [0.15, 0.2) is 57.9 Å². The standard InChI is InChI=1S/C17H18BrNO3S/c1-21-14-3-2-4-15(11-14)22-10-9-19-17(20)12-23-16-7-5-13(18)6-8-16/h2-8,11H,9-10,12H2,1H3,(H,19,20). The Morgan fingerprint density at radius 2 is 1.91 bits per heavy atom. The molecule has 0 atom stereocenters. The normalized spacial score (nSPS) is 10.2. The van der Waals surface area contributed by atoms with Crippen molar-refractivity contribution < 1.29 is 14.3 Å². The first kappa shape index (κ1) is 17.7. The van der Waals surface area contributed by atoms with Crippen LogP contribution < -0.4 is 14.8 Å². The molecule has 0 radical (unpaired) electrons. The predicted molar refractivity (Wildman–Crippen MR) is 96.4 cm³/mol. The number of nitrogens with one attached hydrogen (secondary N) is 1. The Morgan fingerprint density at radius 1 is 1.17 bits per heavy atom. The molecule has 6 heteroatoms. The average molecular weight is 396 g/mol. The lowest BCUT2D eigenvalue weighted by Gasteiger charge is -2.09. The number of hydrogen-bond donors (Lipinski definition) is 1. The van der Waals surface area contributed by atoms with Crippen molar-refractivity contribution in [3.05, 3.63) is 53.0 Å². The summed E-state index contributed by atoms with van der Waals surface area (Å²) >= 11 is 4.89. The number of carbonyl (C=O) groups is 1. The summed E-state index contributed by atoms with van der Waals surface area (Å²) < 4.78 is 11.7. The van der Waals surface area contributed by atoms with E-state index in [0.29, 0.717) is 18.9 Å². The molecule has 0 unspecified atom stereocenters. The summed E-state index contributed by atoms with van der Waals surface area (Å²) in [6.07, 6.45) is 0. The van der Waals surface area contributed by atoms with E-state index in [1.54, 1.807) is 7.11 Å². The van der Waals surface area contributed by atoms with Crippen LogP contribution in [0.2, 0.25) is 0 Å². The van der Waals surface area contributed by atoms with Crippen molar-refractivity contribution in [2.45, 2.75) is 4.90 Å². The van der Waals surface area contributed by atoms with Gasteiger partial charge in [0.2, 0.25) is 5.91 Å². The maximum absolute atomic E-state index is 11.8. The second kappa shape index (κ2) is 9.47. The first-order valence-electron chi connectivity index (χ1n) is 7.09. The Morgan fingerprint density at radius 3 is 2.65 bits per heavy atom. The number of halogens is 1. The van der Waals surface area contributed by atoms with Gasteiger partial charge < -0.3 is 14.8 Å². The molecular formula is C17H18BrNO3S. The quantitative estimate of drug-likeness (QED) is 0.546. The van der Waals surface area contributed by atoms with Gasteiger partial charge in [-0.2, -0.15) is 0 Å². The fourth-order valence-corrected chi connectivity index (χ4v) is 2.77. The summed E-state index contributed by atoms with van der Waals surface area (Å²) in [5.41, 5.74) is 0. The van der Waals surface area contributed by atoms with E-state index in [1.807, 2.05) is 48.5 Å². The highest BCUT2D eigenvalue weighted by Gasteiger charge is 2.03. The van der Waals surface area contributed by atoms with E-state index in [9.17, 15) is 4.79 Å². The molecule has 4 nitrogen and oxygen atoms in total. The maximum atomic E-state index is 11.8. The largest absolute Gasteiger partial charge is 0.497 e. The van der Waals surface area contributed by atoms with Crippen molar-refractivity contribution in [3.63, 3.8) is 0 Å². The van der Waals surface area contributed by atoms with E-state index in [4.69, 9.17) is 9.47 Å². The highest BCUT2D eigenvalue weighted by atomic mass is 79.9. The Balaban J connectivity index is 1.63. The van der Waals surface area contributed by atoms with Gasteiger partial charge in [-0.25, -0.2) is 0 Å². The highest BCUT2D eigenvalue weighted by molar-refractivity contribution is 9.10. The van der Waals surface area contributed by atoms with Gasteiger partial charge in [0.1, 0.15) is 18.1 Å². The minimum absolute atomic E-state index is 0.00726. The summed E-state index contributed by atoms with van der Waals surface area (Å²) in [5.74, 6) is 1.85. The number of thioether (sulfide) groups is 1. The molecule has 2 rings (SSSR count). The van der Waals surface area contributed by atoms with Crippen molar-refractivity contribution in [3.8, 4) is 11.5 Å². The monoisotopic (exact) mass is 395 g/mol. The van der Waals surface area contributed by atoms with Gasteiger partial charge in [-0.3, -0.25) is 4.79 Å². The van der Waals surface area contributed by atoms with E-state index in [2.05, 4.69) is 21.2 Å². The third-order valence-corrected chi connectivity index (χ3v) is 4.46. The number of hydrogen-bond acceptors (Lipinski definition) is 4. The number of amides is 1. The number of benzene rings is 2. The first-order valence-corrected chi connectivity index (χ1v) is 8.87. The molecule has 0 aliphatic carbocycles. The molecule has 23 heavy (non-hydrogen) atoms. The molecule has 1 amide bonds. The number of rotatable bonds is 8. The smallest absolute Gasteiger partial charge is 0.230 e. The van der Waals surface area contributed by atoms with Gasteiger partial charge in [0.05, 0.1) is 19.4 Å². The third-order valence-electron chi connectivity index (χ3n) is 2.92. The average Bonchev–Trinajstić information content (AvgIpc) is 2.58. The maximum Gasteiger partial charge on any atom is 0.230 e. The summed E-state index contributed by atoms with van der Waals surface area (Å²) in [6.45, 7) is 0.888. The van der Waals surface area contributed by atoms with Gasteiger partial charge in [-0.15, -0.1) is 11.8 Å². The van der Waals surface area contributed by atoms with Gasteiger partial charge in [0, 0.05) is 15.4 Å². The minimum Gasteiger partial charge on any atom is -0.497 e. The van der Waals surface area contributed by atoms with Crippen molar-refractivity contribution in [2.75, 3.05) is 26.0 Å². The molecule has 1 N–H and O–H groups in total. The number of carbonyl (C=O) groups excluding carboxylic acids is 1. The second-order valence-corrected chi connectivity index (χ2v) is 6.58. The lowest BCUT2D eigenvalue weighted by molar-refractivity contribution is -0.118. The zero-order valence-corrected chi connectivity index (χ0v) is 15.2. The fraction of sp³-hybridized carbons (Fsp3) is 0.235. The lowest BCUT2D eigenvalue weighted by atomic mass is 10.3. The van der Waals surface area contributed by atoms with Crippen LogP contribution in [-0.2, 0) is 4.79 Å². The molecule has 0 aromatic heterocycles. The van der Waals surface area contributed by atoms with E-state index in [0.717, 1.165) is 20.9 Å². The van der Waals surface area contributed by atoms with Crippen molar-refractivity contribution in [1.29, 1.82) is 0 Å². The van der Waals surface area contributed by atoms with Gasteiger partial charge in [-0.05, 0) is 36.4 Å². The van der Waals surface area contributed by atoms with Crippen LogP contribution in [-0.4, -0.2) is 31.9 Å². The summed E-state index contributed by atoms with van der Waals surface area (Å²) in [7, 11) is 1.61. The molecule has 122 valence electrons. The summed E-state index contributed by atoms with van der Waals surface area (Å²) in [6, 6.07) is 15.3. The van der Waals surface area contributed by atoms with Gasteiger partial charge in [0.15, 0.2) is 0 Å². The predicted octanol–water partition coefficient (Wildman–Crippen LogP) is 3.75. The zero-order chi connectivity index (χ0) is 16.5. The van der Waals surface area contributed by atoms with Crippen molar-refractivity contribution in [2.24, 2.45) is 0 Å². The van der Waals surface area contributed by atoms with Crippen LogP contribution in [0.3, 0.4) is 0 Å². The first-order chi connectivity index (χ1) is 11.2. The van der Waals surface area contributed by atoms with Gasteiger partial charge in [-0.1, -0.05) is 22.0 Å². The van der Waals surface area contributed by atoms with Crippen LogP contribution in [0.25, 0.3) is 0 Å². The molecule has 0 aliphatic heterocycles. The summed E-state index contributed by atoms with van der Waals surface area (Å²) in [4.78, 5) is 12.8. The van der Waals surface area contributed by atoms with Gasteiger partial charge in [0.25, 0.3) is 0 Å². The van der Waals surface area contributed by atoms with E-state index >= 15 is 0 Å². The SMILES string of the molecule is COc1cccc(OCCNC(=O)CSc2ccc(Br)cc2)c1. The van der Waals surface area contributed by atoms with Crippen molar-refractivity contribution in [1.82, 2.24) is 5.32 Å². The molecule has 0 spiro atoms. The Kier molecular flexibility index (Phi) is 7.29. The molecule has 0 fully saturated rings. The van der Waals surface area contributed by atoms with E-state index in [1.165, 1.54) is 11.8 Å². The molecule has 2 aromatic carbocycles. The Bertz CT molecular complexity index is 634. The molecule has 2 aromatic rings. The minimum atomic E-state index is -0.00726. The molecule has 0 saturated heterocycles. The van der Waals surface area contributed by atoms with Crippen LogP contribution >= 0.6 is 27.7 Å². The number of methoxy groups -OCH3 is 1. The molecule has 0 bridgehead atoms. The van der Waals surface area contributed by atoms with Crippen LogP contribution in [0.4, 0.5) is 0 Å². The van der Waals surface area contributed by atoms with Crippen LogP contribution in [0.5, 0.6) is 11.5 Å². The second-order valence-electron chi connectivity index (χ2n) is 4.62. The molecular weight excluding hydrogens is 378 g/mol. The fourth-order valence-electron chi connectivity index (χ4n) is 1.78. The lowest BCUT2D eigenvalue weighted by Crippen LogP contribution is -2.29. The summed E-state index contributed by atoms with van der Waals surface area (Å²) in [5, 5.41) is 2.84. The molecule has 0 heterocycles. The van der Waals surface area contributed by atoms with Crippen LogP contribution in [0.1, 0.15) is 0 Å². The van der Waals surface area contributed by atoms with E-state index in [-0.39, 0.29) is 5.91 Å². The number of ether oxygens (including phenoxy) is 2. The van der Waals surface area contributed by atoms with Gasteiger partial charge >= 0.3 is 0 Å². The zero-order valence-electron chi connectivity index (χ0n) is 12.8. The van der Waals surface area contributed by atoms with Crippen LogP contribution in [0, 0.1) is 0 Å². The molecule has 0 aliphatic rings. The molecule has 0 saturated carbocycles. The Hall–Kier alpha value is -1.66. The Labute approximate surface area is 148 Å². The highest BCUT2D eigenvalue weighted by Crippen LogP contribution is 2.20. The van der Waals surface area contributed by atoms with E-state index < -0.39 is 0 Å².